The first-order valence-corrected chi connectivity index (χ1v) is 22.6. The summed E-state index contributed by atoms with van der Waals surface area (Å²) in [6.07, 6.45) is -1.01. The molecule has 14 nitrogen and oxygen atoms in total. The summed E-state index contributed by atoms with van der Waals surface area (Å²) in [6, 6.07) is 22.7. The van der Waals surface area contributed by atoms with Crippen molar-refractivity contribution < 1.29 is 57.1 Å². The van der Waals surface area contributed by atoms with E-state index in [4.69, 9.17) is 62.3 Å². The summed E-state index contributed by atoms with van der Waals surface area (Å²) in [6.45, 7) is 7.34. The summed E-state index contributed by atoms with van der Waals surface area (Å²) in [5.74, 6) is -1.03. The molecule has 0 saturated heterocycles. The molecule has 0 radical (unpaired) electrons. The van der Waals surface area contributed by atoms with Crippen molar-refractivity contribution in [1.82, 2.24) is 0 Å². The minimum Gasteiger partial charge on any atom is -0.463 e. The molecule has 2 aromatic carbocycles. The number of thioether (sulfide) groups is 4. The van der Waals surface area contributed by atoms with Gasteiger partial charge in [0.2, 0.25) is 0 Å². The van der Waals surface area contributed by atoms with Crippen molar-refractivity contribution in [2.75, 3.05) is 39.6 Å². The van der Waals surface area contributed by atoms with E-state index >= 15 is 0 Å². The van der Waals surface area contributed by atoms with Gasteiger partial charge in [0, 0.05) is 36.4 Å². The number of esters is 2. The maximum absolute atomic E-state index is 12.3. The highest BCUT2D eigenvalue weighted by atomic mass is 32.2. The molecule has 2 aromatic rings. The van der Waals surface area contributed by atoms with Crippen LogP contribution >= 0.6 is 71.5 Å². The van der Waals surface area contributed by atoms with E-state index in [9.17, 15) is 29.7 Å². The molecule has 0 aliphatic carbocycles. The number of hydrogen-bond donors (Lipinski definition) is 0. The summed E-state index contributed by atoms with van der Waals surface area (Å²) in [5, 5.41) is 18.3. The second-order valence-electron chi connectivity index (χ2n) is 12.7. The van der Waals surface area contributed by atoms with Gasteiger partial charge in [0.25, 0.3) is 0 Å². The van der Waals surface area contributed by atoms with Gasteiger partial charge in [-0.05, 0) is 51.7 Å². The lowest BCUT2D eigenvalue weighted by Crippen LogP contribution is -2.24. The normalized spacial score (nSPS) is 13.8. The third-order valence-electron chi connectivity index (χ3n) is 7.62. The van der Waals surface area contributed by atoms with Gasteiger partial charge in [0.15, 0.2) is 12.6 Å². The SMILES string of the molecule is CC(OCCOC(=O)CCC(C)(C#N)SC(=S)SC(=O)OCc1ccccc1)OCCOC(C)OCCOC(=O)CCC(C)(C#N)SC(=S)SC(=O)OCc1ccccc1. The van der Waals surface area contributed by atoms with Gasteiger partial charge in [0.1, 0.15) is 43.0 Å². The second kappa shape index (κ2) is 29.9. The standard InChI is InChI=1S/C40H48N2O12S6/c1-29(49-21-23-51-33(43)15-17-39(3,27-41)59-37(55)57-35(45)53-25-31-11-7-5-8-12-31)47-19-20-48-30(2)50-22-24-52-34(44)16-18-40(4,28-42)60-38(56)58-36(46)54-26-32-13-9-6-10-14-32/h5-14,29-30H,15-26H2,1-4H3. The smallest absolute Gasteiger partial charge is 0.373 e. The van der Waals surface area contributed by atoms with Crippen molar-refractivity contribution >= 4 is 101 Å². The van der Waals surface area contributed by atoms with Gasteiger partial charge in [0.05, 0.1) is 38.6 Å². The van der Waals surface area contributed by atoms with E-state index in [1.54, 1.807) is 27.7 Å². The van der Waals surface area contributed by atoms with Crippen molar-refractivity contribution in [3.63, 3.8) is 0 Å². The molecule has 0 amide bonds. The Kier molecular flexibility index (Phi) is 26.3. The fourth-order valence-electron chi connectivity index (χ4n) is 4.39. The molecular weight excluding hydrogens is 893 g/mol. The van der Waals surface area contributed by atoms with Crippen LogP contribution in [0.15, 0.2) is 60.7 Å². The Hall–Kier alpha value is -3.28. The molecule has 0 N–H and O–H groups in total. The van der Waals surface area contributed by atoms with Crippen molar-refractivity contribution in [3.05, 3.63) is 71.8 Å². The first-order valence-electron chi connectivity index (χ1n) is 18.5. The largest absolute Gasteiger partial charge is 0.463 e. The first kappa shape index (κ1) is 52.9. The Balaban J connectivity index is 1.49. The number of carbonyl (C=O) groups excluding carboxylic acids is 4. The number of rotatable bonds is 25. The summed E-state index contributed by atoms with van der Waals surface area (Å²) in [4.78, 5) is 48.9. The number of hydrogen-bond acceptors (Lipinski definition) is 20. The zero-order chi connectivity index (χ0) is 44.2. The first-order chi connectivity index (χ1) is 28.6. The van der Waals surface area contributed by atoms with E-state index < -0.39 is 44.6 Å². The molecular formula is C40H48N2O12S6. The van der Waals surface area contributed by atoms with Gasteiger partial charge < -0.3 is 37.9 Å². The van der Waals surface area contributed by atoms with Gasteiger partial charge in [-0.15, -0.1) is 0 Å². The van der Waals surface area contributed by atoms with Crippen LogP contribution in [0.3, 0.4) is 0 Å². The van der Waals surface area contributed by atoms with Crippen molar-refractivity contribution in [1.29, 1.82) is 10.5 Å². The van der Waals surface area contributed by atoms with E-state index in [1.165, 1.54) is 0 Å². The van der Waals surface area contributed by atoms with Crippen LogP contribution in [-0.4, -0.2) is 91.3 Å². The highest BCUT2D eigenvalue weighted by molar-refractivity contribution is 8.52. The van der Waals surface area contributed by atoms with E-state index in [0.29, 0.717) is 0 Å². The predicted octanol–water partition coefficient (Wildman–Crippen LogP) is 9.13. The Morgan fingerprint density at radius 1 is 0.583 bits per heavy atom. The maximum atomic E-state index is 12.3. The lowest BCUT2D eigenvalue weighted by Gasteiger charge is -2.20. The minimum absolute atomic E-state index is 0.0197. The monoisotopic (exact) mass is 940 g/mol. The maximum Gasteiger partial charge on any atom is 0.373 e. The zero-order valence-corrected chi connectivity index (χ0v) is 38.6. The number of nitrogens with zero attached hydrogens (tertiary/aromatic N) is 2. The molecule has 0 spiro atoms. The average Bonchev–Trinajstić information content (AvgIpc) is 3.23. The highest BCUT2D eigenvalue weighted by Gasteiger charge is 2.30. The summed E-state index contributed by atoms with van der Waals surface area (Å²) in [7, 11) is 0. The molecule has 60 heavy (non-hydrogen) atoms. The Morgan fingerprint density at radius 2 is 0.917 bits per heavy atom. The lowest BCUT2D eigenvalue weighted by atomic mass is 10.1. The fourth-order valence-corrected chi connectivity index (χ4v) is 9.49. The molecule has 0 saturated carbocycles. The van der Waals surface area contributed by atoms with Crippen LogP contribution in [0.1, 0.15) is 64.5 Å². The minimum atomic E-state index is -1.05. The number of ether oxygens (including phenoxy) is 8. The van der Waals surface area contributed by atoms with Crippen LogP contribution in [0.2, 0.25) is 0 Å². The Labute approximate surface area is 378 Å². The number of thiocarbonyl (C=S) groups is 2. The van der Waals surface area contributed by atoms with E-state index in [0.717, 1.165) is 58.2 Å². The molecule has 0 aliphatic heterocycles. The Morgan fingerprint density at radius 3 is 1.25 bits per heavy atom. The van der Waals surface area contributed by atoms with Crippen LogP contribution in [-0.2, 0) is 60.7 Å². The fraction of sp³-hybridized carbons (Fsp3) is 0.500. The van der Waals surface area contributed by atoms with E-state index in [1.807, 2.05) is 60.7 Å². The van der Waals surface area contributed by atoms with Gasteiger partial charge in [-0.25, -0.2) is 9.59 Å². The van der Waals surface area contributed by atoms with E-state index in [2.05, 4.69) is 12.1 Å². The van der Waals surface area contributed by atoms with Crippen molar-refractivity contribution in [2.45, 2.75) is 88.7 Å². The van der Waals surface area contributed by atoms with Crippen LogP contribution in [0.25, 0.3) is 0 Å². The zero-order valence-electron chi connectivity index (χ0n) is 33.7. The number of carbonyl (C=O) groups is 4. The summed E-state index contributed by atoms with van der Waals surface area (Å²) in [5.41, 5.74) is 1.68. The molecule has 2 rings (SSSR count). The Bertz CT molecular complexity index is 1640. The number of nitriles is 2. The molecule has 0 fully saturated rings. The summed E-state index contributed by atoms with van der Waals surface area (Å²) >= 11 is 14.0. The van der Waals surface area contributed by atoms with Crippen molar-refractivity contribution in [2.24, 2.45) is 0 Å². The van der Waals surface area contributed by atoms with Crippen LogP contribution in [0, 0.1) is 22.7 Å². The predicted molar refractivity (Wildman–Crippen MR) is 240 cm³/mol. The molecule has 0 bridgehead atoms. The van der Waals surface area contributed by atoms with Crippen LogP contribution < -0.4 is 0 Å². The second-order valence-corrected chi connectivity index (χ2v) is 20.0. The van der Waals surface area contributed by atoms with Gasteiger partial charge in [-0.3, -0.25) is 9.59 Å². The van der Waals surface area contributed by atoms with Crippen molar-refractivity contribution in [3.8, 4) is 12.1 Å². The molecule has 0 aliphatic rings. The molecule has 20 heteroatoms. The van der Waals surface area contributed by atoms with Crippen LogP contribution in [0.4, 0.5) is 9.59 Å². The van der Waals surface area contributed by atoms with E-state index in [-0.39, 0.29) is 85.6 Å². The highest BCUT2D eigenvalue weighted by Crippen LogP contribution is 2.36. The van der Waals surface area contributed by atoms with Gasteiger partial charge in [-0.1, -0.05) is 109 Å². The average molecular weight is 941 g/mol. The molecule has 4 atom stereocenters. The van der Waals surface area contributed by atoms with Gasteiger partial charge in [-0.2, -0.15) is 10.5 Å². The third-order valence-corrected chi connectivity index (χ3v) is 12.3. The quantitative estimate of drug-likeness (QED) is 0.0301. The topological polar surface area (TPSA) is 190 Å². The third kappa shape index (κ3) is 24.8. The number of benzene rings is 2. The summed E-state index contributed by atoms with van der Waals surface area (Å²) < 4.78 is 41.3. The molecule has 0 heterocycles. The van der Waals surface area contributed by atoms with Crippen LogP contribution in [0.5, 0.6) is 0 Å². The molecule has 0 aromatic heterocycles. The van der Waals surface area contributed by atoms with Gasteiger partial charge >= 0.3 is 22.5 Å². The lowest BCUT2D eigenvalue weighted by molar-refractivity contribution is -0.179. The molecule has 326 valence electrons. The molecule has 4 unspecified atom stereocenters.